The van der Waals surface area contributed by atoms with E-state index in [2.05, 4.69) is 5.32 Å². The van der Waals surface area contributed by atoms with Gasteiger partial charge in [-0.2, -0.15) is 0 Å². The van der Waals surface area contributed by atoms with Gasteiger partial charge in [0.25, 0.3) is 0 Å². The van der Waals surface area contributed by atoms with Crippen LogP contribution in [0.2, 0.25) is 0 Å². The molecule has 1 fully saturated rings. The highest BCUT2D eigenvalue weighted by Crippen LogP contribution is 2.36. The van der Waals surface area contributed by atoms with Crippen LogP contribution in [0.1, 0.15) is 50.9 Å². The maximum atomic E-state index is 12.0. The van der Waals surface area contributed by atoms with E-state index in [0.29, 0.717) is 18.4 Å². The van der Waals surface area contributed by atoms with Gasteiger partial charge in [0.15, 0.2) is 0 Å². The normalized spacial score (nSPS) is 24.1. The van der Waals surface area contributed by atoms with Crippen molar-refractivity contribution in [3.63, 3.8) is 0 Å². The maximum absolute atomic E-state index is 12.0. The number of amides is 1. The van der Waals surface area contributed by atoms with Crippen LogP contribution in [0.5, 0.6) is 0 Å². The van der Waals surface area contributed by atoms with Crippen molar-refractivity contribution in [3.8, 4) is 0 Å². The molecule has 1 aliphatic rings. The van der Waals surface area contributed by atoms with E-state index in [4.69, 9.17) is 9.47 Å². The first-order valence-corrected chi connectivity index (χ1v) is 7.45. The van der Waals surface area contributed by atoms with Gasteiger partial charge in [-0.3, -0.25) is 0 Å². The van der Waals surface area contributed by atoms with Gasteiger partial charge in [0.2, 0.25) is 0 Å². The minimum atomic E-state index is -0.535. The Bertz CT molecular complexity index is 542. The summed E-state index contributed by atoms with van der Waals surface area (Å²) in [7, 11) is 0. The van der Waals surface area contributed by atoms with E-state index >= 15 is 0 Å². The number of ether oxygens (including phenoxy) is 2. The Morgan fingerprint density at radius 1 is 1.18 bits per heavy atom. The van der Waals surface area contributed by atoms with E-state index in [9.17, 15) is 9.59 Å². The van der Waals surface area contributed by atoms with Crippen LogP contribution < -0.4 is 5.32 Å². The summed E-state index contributed by atoms with van der Waals surface area (Å²) in [5.41, 5.74) is -0.518. The zero-order valence-corrected chi connectivity index (χ0v) is 13.5. The highest BCUT2D eigenvalue weighted by Gasteiger charge is 2.45. The zero-order valence-electron chi connectivity index (χ0n) is 13.5. The van der Waals surface area contributed by atoms with Gasteiger partial charge < -0.3 is 14.8 Å². The Morgan fingerprint density at radius 3 is 2.32 bits per heavy atom. The molecule has 0 aliphatic heterocycles. The highest BCUT2D eigenvalue weighted by molar-refractivity contribution is 5.89. The van der Waals surface area contributed by atoms with Crippen molar-refractivity contribution in [2.45, 2.75) is 57.8 Å². The van der Waals surface area contributed by atoms with Crippen molar-refractivity contribution in [2.75, 3.05) is 0 Å². The number of esters is 1. The van der Waals surface area contributed by atoms with Crippen LogP contribution in [0, 0.1) is 0 Å². The number of nitrogens with one attached hydrogen (secondary N) is 1. The van der Waals surface area contributed by atoms with E-state index in [1.807, 2.05) is 33.8 Å². The first-order valence-electron chi connectivity index (χ1n) is 7.45. The van der Waals surface area contributed by atoms with Crippen molar-refractivity contribution in [2.24, 2.45) is 0 Å². The van der Waals surface area contributed by atoms with Crippen LogP contribution in [-0.2, 0) is 9.47 Å². The summed E-state index contributed by atoms with van der Waals surface area (Å²) in [4.78, 5) is 23.7. The summed E-state index contributed by atoms with van der Waals surface area (Å²) < 4.78 is 10.7. The molecule has 0 saturated heterocycles. The minimum Gasteiger partial charge on any atom is -0.456 e. The molecule has 5 nitrogen and oxygen atoms in total. The largest absolute Gasteiger partial charge is 0.456 e. The molecule has 0 atom stereocenters. The standard InChI is InChI=1S/C17H23NO4/c1-16(2,3)22-15(20)18-13-10-17(4,11-13)21-14(19)12-8-6-5-7-9-12/h5-9,13H,10-11H2,1-4H3,(H,18,20). The molecule has 0 bridgehead atoms. The van der Waals surface area contributed by atoms with E-state index in [1.165, 1.54) is 0 Å². The second kappa shape index (κ2) is 5.99. The lowest BCUT2D eigenvalue weighted by Gasteiger charge is -2.44. The topological polar surface area (TPSA) is 64.6 Å². The van der Waals surface area contributed by atoms with Gasteiger partial charge >= 0.3 is 12.1 Å². The predicted octanol–water partition coefficient (Wildman–Crippen LogP) is 3.29. The summed E-state index contributed by atoms with van der Waals surface area (Å²) in [6.07, 6.45) is 0.740. The quantitative estimate of drug-likeness (QED) is 0.870. The molecule has 120 valence electrons. The third-order valence-electron chi connectivity index (χ3n) is 3.43. The average molecular weight is 305 g/mol. The molecule has 1 N–H and O–H groups in total. The molecular weight excluding hydrogens is 282 g/mol. The number of benzene rings is 1. The fourth-order valence-corrected chi connectivity index (χ4v) is 2.50. The fourth-order valence-electron chi connectivity index (χ4n) is 2.50. The molecule has 1 aromatic rings. The third kappa shape index (κ3) is 4.48. The van der Waals surface area contributed by atoms with Gasteiger partial charge in [0.1, 0.15) is 11.2 Å². The van der Waals surface area contributed by atoms with E-state index in [0.717, 1.165) is 0 Å². The van der Waals surface area contributed by atoms with Gasteiger partial charge in [0.05, 0.1) is 5.56 Å². The molecule has 22 heavy (non-hydrogen) atoms. The minimum absolute atomic E-state index is 0.0246. The van der Waals surface area contributed by atoms with Crippen LogP contribution in [0.25, 0.3) is 0 Å². The van der Waals surface area contributed by atoms with E-state index < -0.39 is 17.3 Å². The molecule has 0 radical (unpaired) electrons. The Morgan fingerprint density at radius 2 is 1.77 bits per heavy atom. The Balaban J connectivity index is 1.80. The maximum Gasteiger partial charge on any atom is 0.407 e. The summed E-state index contributed by atoms with van der Waals surface area (Å²) >= 11 is 0. The molecule has 0 heterocycles. The van der Waals surface area contributed by atoms with Gasteiger partial charge in [-0.1, -0.05) is 18.2 Å². The average Bonchev–Trinajstić information content (AvgIpc) is 2.35. The predicted molar refractivity (Wildman–Crippen MR) is 82.7 cm³/mol. The first-order chi connectivity index (χ1) is 10.2. The van der Waals surface area contributed by atoms with Crippen molar-refractivity contribution in [3.05, 3.63) is 35.9 Å². The van der Waals surface area contributed by atoms with Crippen molar-refractivity contribution < 1.29 is 19.1 Å². The molecule has 1 saturated carbocycles. The monoisotopic (exact) mass is 305 g/mol. The molecular formula is C17H23NO4. The van der Waals surface area contributed by atoms with Gasteiger partial charge in [0, 0.05) is 18.9 Å². The van der Waals surface area contributed by atoms with Crippen LogP contribution in [0.4, 0.5) is 4.79 Å². The lowest BCUT2D eigenvalue weighted by molar-refractivity contribution is -0.0654. The molecule has 1 amide bonds. The van der Waals surface area contributed by atoms with E-state index in [-0.39, 0.29) is 12.0 Å². The van der Waals surface area contributed by atoms with Gasteiger partial charge in [-0.25, -0.2) is 9.59 Å². The molecule has 2 rings (SSSR count). The third-order valence-corrected chi connectivity index (χ3v) is 3.43. The lowest BCUT2D eigenvalue weighted by atomic mass is 9.77. The summed E-state index contributed by atoms with van der Waals surface area (Å²) in [6, 6.07) is 8.87. The summed E-state index contributed by atoms with van der Waals surface area (Å²) in [6.45, 7) is 7.33. The smallest absolute Gasteiger partial charge is 0.407 e. The number of carbonyl (C=O) groups excluding carboxylic acids is 2. The molecule has 0 spiro atoms. The van der Waals surface area contributed by atoms with Crippen molar-refractivity contribution >= 4 is 12.1 Å². The second-order valence-corrected chi connectivity index (χ2v) is 6.96. The number of alkyl carbamates (subject to hydrolysis) is 1. The first kappa shape index (κ1) is 16.3. The number of carbonyl (C=O) groups is 2. The number of hydrogen-bond donors (Lipinski definition) is 1. The van der Waals surface area contributed by atoms with Crippen LogP contribution in [0.15, 0.2) is 30.3 Å². The Labute approximate surface area is 131 Å². The molecule has 1 aromatic carbocycles. The van der Waals surface area contributed by atoms with Gasteiger partial charge in [-0.15, -0.1) is 0 Å². The summed E-state index contributed by atoms with van der Waals surface area (Å²) in [5.74, 6) is -0.334. The van der Waals surface area contributed by atoms with E-state index in [1.54, 1.807) is 24.3 Å². The Kier molecular flexibility index (Phi) is 4.44. The summed E-state index contributed by atoms with van der Waals surface area (Å²) in [5, 5.41) is 2.79. The second-order valence-electron chi connectivity index (χ2n) is 6.96. The SMILES string of the molecule is CC(C)(C)OC(=O)NC1CC(C)(OC(=O)c2ccccc2)C1. The molecule has 0 aromatic heterocycles. The van der Waals surface area contributed by atoms with Crippen LogP contribution >= 0.6 is 0 Å². The number of hydrogen-bond acceptors (Lipinski definition) is 4. The van der Waals surface area contributed by atoms with Crippen LogP contribution in [0.3, 0.4) is 0 Å². The molecule has 0 unspecified atom stereocenters. The van der Waals surface area contributed by atoms with Crippen LogP contribution in [-0.4, -0.2) is 29.3 Å². The highest BCUT2D eigenvalue weighted by atomic mass is 16.6. The number of rotatable bonds is 3. The zero-order chi connectivity index (χ0) is 16.4. The van der Waals surface area contributed by atoms with Gasteiger partial charge in [-0.05, 0) is 39.8 Å². The van der Waals surface area contributed by atoms with Crippen molar-refractivity contribution in [1.82, 2.24) is 5.32 Å². The molecule has 1 aliphatic carbocycles. The Hall–Kier alpha value is -2.04. The fraction of sp³-hybridized carbons (Fsp3) is 0.529. The molecule has 5 heteroatoms. The lowest BCUT2D eigenvalue weighted by Crippen LogP contribution is -2.56. The van der Waals surface area contributed by atoms with Crippen molar-refractivity contribution in [1.29, 1.82) is 0 Å².